The van der Waals surface area contributed by atoms with Crippen LogP contribution >= 0.6 is 0 Å². The number of carbonyl (C=O) groups excluding carboxylic acids is 1. The Morgan fingerprint density at radius 2 is 2.04 bits per heavy atom. The van der Waals surface area contributed by atoms with Crippen LogP contribution in [0, 0.1) is 5.92 Å². The Kier molecular flexibility index (Phi) is 4.27. The maximum atomic E-state index is 12.7. The number of aryl methyl sites for hydroxylation is 1. The molecule has 1 aromatic heterocycles. The number of benzene rings is 1. The van der Waals surface area contributed by atoms with Gasteiger partial charge in [0, 0.05) is 25.0 Å². The van der Waals surface area contributed by atoms with Gasteiger partial charge in [-0.3, -0.25) is 9.48 Å². The zero-order chi connectivity index (χ0) is 16.5. The third-order valence-electron chi connectivity index (χ3n) is 5.73. The number of hydrogen-bond acceptors (Lipinski definition) is 3. The molecule has 128 valence electrons. The maximum absolute atomic E-state index is 12.7. The van der Waals surface area contributed by atoms with Crippen LogP contribution in [0.3, 0.4) is 0 Å². The van der Waals surface area contributed by atoms with Crippen molar-refractivity contribution in [2.24, 2.45) is 13.0 Å². The Balaban J connectivity index is 1.46. The summed E-state index contributed by atoms with van der Waals surface area (Å²) >= 11 is 0. The van der Waals surface area contributed by atoms with E-state index in [-0.39, 0.29) is 5.91 Å². The minimum atomic E-state index is -0.0419. The van der Waals surface area contributed by atoms with E-state index in [0.717, 1.165) is 17.4 Å². The number of nitrogens with one attached hydrogen (secondary N) is 1. The normalized spacial score (nSPS) is 24.7. The highest BCUT2D eigenvalue weighted by Crippen LogP contribution is 2.30. The maximum Gasteiger partial charge on any atom is 0.272 e. The Hall–Kier alpha value is -1.88. The van der Waals surface area contributed by atoms with Gasteiger partial charge in [-0.1, -0.05) is 24.6 Å². The van der Waals surface area contributed by atoms with Crippen molar-refractivity contribution in [2.75, 3.05) is 19.6 Å². The van der Waals surface area contributed by atoms with Crippen molar-refractivity contribution in [2.45, 2.75) is 38.1 Å². The first kappa shape index (κ1) is 15.6. The molecule has 2 saturated heterocycles. The van der Waals surface area contributed by atoms with Crippen molar-refractivity contribution in [1.82, 2.24) is 20.0 Å². The Bertz CT molecular complexity index is 736. The van der Waals surface area contributed by atoms with Gasteiger partial charge >= 0.3 is 0 Å². The molecule has 3 heterocycles. The van der Waals surface area contributed by atoms with Crippen molar-refractivity contribution in [1.29, 1.82) is 0 Å². The first-order chi connectivity index (χ1) is 11.7. The molecule has 5 nitrogen and oxygen atoms in total. The monoisotopic (exact) mass is 326 g/mol. The minimum Gasteiger partial charge on any atom is -0.350 e. The molecule has 2 atom stereocenters. The number of fused-ring (bicyclic) bond motifs is 2. The molecule has 2 aliphatic heterocycles. The van der Waals surface area contributed by atoms with Crippen LogP contribution in [-0.2, 0) is 7.05 Å². The summed E-state index contributed by atoms with van der Waals surface area (Å²) in [5.74, 6) is 0.540. The predicted molar refractivity (Wildman–Crippen MR) is 95.0 cm³/mol. The van der Waals surface area contributed by atoms with E-state index in [1.54, 1.807) is 4.68 Å². The summed E-state index contributed by atoms with van der Waals surface area (Å²) in [5.41, 5.74) is 1.54. The van der Waals surface area contributed by atoms with Gasteiger partial charge in [-0.05, 0) is 50.8 Å². The summed E-state index contributed by atoms with van der Waals surface area (Å²) in [4.78, 5) is 15.3. The second kappa shape index (κ2) is 6.55. The van der Waals surface area contributed by atoms with E-state index in [0.29, 0.717) is 17.7 Å². The van der Waals surface area contributed by atoms with Crippen LogP contribution in [-0.4, -0.2) is 46.3 Å². The lowest BCUT2D eigenvalue weighted by atomic mass is 9.83. The lowest BCUT2D eigenvalue weighted by molar-refractivity contribution is 0.0575. The SMILES string of the molecule is Cn1nc(C(=O)NC[C@H]2CCCN3CCCC[C@@H]23)c2ccccc21. The van der Waals surface area contributed by atoms with Crippen molar-refractivity contribution < 1.29 is 4.79 Å². The van der Waals surface area contributed by atoms with Crippen molar-refractivity contribution in [3.8, 4) is 0 Å². The lowest BCUT2D eigenvalue weighted by Gasteiger charge is -2.44. The summed E-state index contributed by atoms with van der Waals surface area (Å²) in [6, 6.07) is 8.57. The average Bonchev–Trinajstić information content (AvgIpc) is 2.97. The van der Waals surface area contributed by atoms with E-state index in [1.807, 2.05) is 31.3 Å². The molecule has 2 aromatic rings. The Labute approximate surface area is 143 Å². The molecular weight excluding hydrogens is 300 g/mol. The molecule has 1 aromatic carbocycles. The zero-order valence-corrected chi connectivity index (χ0v) is 14.4. The fraction of sp³-hybridized carbons (Fsp3) is 0.579. The molecule has 0 unspecified atom stereocenters. The first-order valence-corrected chi connectivity index (χ1v) is 9.18. The highest BCUT2D eigenvalue weighted by molar-refractivity contribution is 6.04. The standard InChI is InChI=1S/C19H26N4O/c1-22-17-10-3-2-8-15(17)18(21-22)19(24)20-13-14-7-6-12-23-11-5-4-9-16(14)23/h2-3,8,10,14,16H,4-7,9,11-13H2,1H3,(H,20,24)/t14-,16+/m1/s1. The molecule has 1 N–H and O–H groups in total. The summed E-state index contributed by atoms with van der Waals surface area (Å²) in [7, 11) is 1.89. The number of carbonyl (C=O) groups is 1. The van der Waals surface area contributed by atoms with Gasteiger partial charge < -0.3 is 10.2 Å². The number of hydrogen-bond donors (Lipinski definition) is 1. The second-order valence-electron chi connectivity index (χ2n) is 7.20. The molecular formula is C19H26N4O. The Morgan fingerprint density at radius 3 is 2.96 bits per heavy atom. The van der Waals surface area contributed by atoms with Crippen LogP contribution in [0.2, 0.25) is 0 Å². The van der Waals surface area contributed by atoms with Gasteiger partial charge in [0.2, 0.25) is 0 Å². The minimum absolute atomic E-state index is 0.0419. The third kappa shape index (κ3) is 2.81. The predicted octanol–water partition coefficient (Wildman–Crippen LogP) is 2.57. The quantitative estimate of drug-likeness (QED) is 0.943. The summed E-state index contributed by atoms with van der Waals surface area (Å²) < 4.78 is 1.79. The molecule has 5 heteroatoms. The summed E-state index contributed by atoms with van der Waals surface area (Å²) in [6.45, 7) is 3.24. The molecule has 2 fully saturated rings. The van der Waals surface area contributed by atoms with Crippen LogP contribution in [0.15, 0.2) is 24.3 Å². The van der Waals surface area contributed by atoms with E-state index in [4.69, 9.17) is 0 Å². The number of para-hydroxylation sites is 1. The average molecular weight is 326 g/mol. The van der Waals surface area contributed by atoms with Gasteiger partial charge in [0.1, 0.15) is 0 Å². The van der Waals surface area contributed by atoms with Crippen LogP contribution in [0.25, 0.3) is 10.9 Å². The number of amides is 1. The van der Waals surface area contributed by atoms with Crippen LogP contribution in [0.1, 0.15) is 42.6 Å². The van der Waals surface area contributed by atoms with Crippen LogP contribution in [0.5, 0.6) is 0 Å². The number of piperidine rings is 2. The van der Waals surface area contributed by atoms with Gasteiger partial charge in [0.15, 0.2) is 5.69 Å². The molecule has 0 bridgehead atoms. The van der Waals surface area contributed by atoms with E-state index < -0.39 is 0 Å². The smallest absolute Gasteiger partial charge is 0.272 e. The van der Waals surface area contributed by atoms with Gasteiger partial charge in [0.05, 0.1) is 5.52 Å². The Morgan fingerprint density at radius 1 is 1.21 bits per heavy atom. The number of rotatable bonds is 3. The molecule has 4 rings (SSSR count). The van der Waals surface area contributed by atoms with Crippen LogP contribution in [0.4, 0.5) is 0 Å². The summed E-state index contributed by atoms with van der Waals surface area (Å²) in [5, 5.41) is 8.53. The van der Waals surface area contributed by atoms with E-state index in [1.165, 1.54) is 45.2 Å². The fourth-order valence-corrected chi connectivity index (χ4v) is 4.50. The first-order valence-electron chi connectivity index (χ1n) is 9.18. The summed E-state index contributed by atoms with van der Waals surface area (Å²) in [6.07, 6.45) is 6.42. The van der Waals surface area contributed by atoms with Gasteiger partial charge in [-0.2, -0.15) is 5.10 Å². The highest BCUT2D eigenvalue weighted by Gasteiger charge is 2.33. The van der Waals surface area contributed by atoms with Gasteiger partial charge in [-0.25, -0.2) is 0 Å². The lowest BCUT2D eigenvalue weighted by Crippen LogP contribution is -2.51. The largest absolute Gasteiger partial charge is 0.350 e. The van der Waals surface area contributed by atoms with Crippen molar-refractivity contribution in [3.05, 3.63) is 30.0 Å². The van der Waals surface area contributed by atoms with E-state index >= 15 is 0 Å². The van der Waals surface area contributed by atoms with Crippen molar-refractivity contribution >= 4 is 16.8 Å². The van der Waals surface area contributed by atoms with Gasteiger partial charge in [0.25, 0.3) is 5.91 Å². The molecule has 0 spiro atoms. The highest BCUT2D eigenvalue weighted by atomic mass is 16.1. The third-order valence-corrected chi connectivity index (χ3v) is 5.73. The molecule has 0 aliphatic carbocycles. The number of nitrogens with zero attached hydrogens (tertiary/aromatic N) is 3. The van der Waals surface area contributed by atoms with Crippen molar-refractivity contribution in [3.63, 3.8) is 0 Å². The molecule has 24 heavy (non-hydrogen) atoms. The van der Waals surface area contributed by atoms with E-state index in [9.17, 15) is 4.79 Å². The molecule has 0 radical (unpaired) electrons. The molecule has 1 amide bonds. The molecule has 2 aliphatic rings. The topological polar surface area (TPSA) is 50.2 Å². The van der Waals surface area contributed by atoms with Crippen LogP contribution < -0.4 is 5.32 Å². The second-order valence-corrected chi connectivity index (χ2v) is 7.20. The van der Waals surface area contributed by atoms with E-state index in [2.05, 4.69) is 15.3 Å². The fourth-order valence-electron chi connectivity index (χ4n) is 4.50. The number of aromatic nitrogens is 2. The molecule has 0 saturated carbocycles. The zero-order valence-electron chi connectivity index (χ0n) is 14.4. The van der Waals surface area contributed by atoms with Gasteiger partial charge in [-0.15, -0.1) is 0 Å².